The number of carboxylic acids is 1. The smallest absolute Gasteiger partial charge is 0.320 e. The van der Waals surface area contributed by atoms with Crippen molar-refractivity contribution in [3.05, 3.63) is 65.0 Å². The van der Waals surface area contributed by atoms with Crippen LogP contribution in [0.15, 0.2) is 42.6 Å². The lowest BCUT2D eigenvalue weighted by Gasteiger charge is -2.39. The summed E-state index contributed by atoms with van der Waals surface area (Å²) in [5, 5.41) is 9.68. The third-order valence-electron chi connectivity index (χ3n) is 4.77. The highest BCUT2D eigenvalue weighted by Gasteiger charge is 2.35. The molecule has 3 rings (SSSR count). The van der Waals surface area contributed by atoms with Crippen LogP contribution in [0.2, 0.25) is 0 Å². The van der Waals surface area contributed by atoms with E-state index in [-0.39, 0.29) is 6.04 Å². The second-order valence-corrected chi connectivity index (χ2v) is 6.66. The second-order valence-electron chi connectivity index (χ2n) is 6.66. The van der Waals surface area contributed by atoms with Crippen molar-refractivity contribution in [2.24, 2.45) is 0 Å². The first-order valence-electron chi connectivity index (χ1n) is 8.54. The second kappa shape index (κ2) is 7.14. The molecule has 1 aliphatic heterocycles. The van der Waals surface area contributed by atoms with Gasteiger partial charge in [0.15, 0.2) is 0 Å². The van der Waals surface area contributed by atoms with Gasteiger partial charge in [-0.15, -0.1) is 0 Å². The van der Waals surface area contributed by atoms with E-state index in [1.807, 2.05) is 25.3 Å². The zero-order valence-corrected chi connectivity index (χ0v) is 14.3. The maximum Gasteiger partial charge on any atom is 0.320 e. The molecule has 126 valence electrons. The molecule has 4 heteroatoms. The van der Waals surface area contributed by atoms with Gasteiger partial charge in [0.25, 0.3) is 0 Å². The summed E-state index contributed by atoms with van der Waals surface area (Å²) in [5.41, 5.74) is 4.32. The van der Waals surface area contributed by atoms with Crippen LogP contribution in [-0.4, -0.2) is 33.5 Å². The van der Waals surface area contributed by atoms with Gasteiger partial charge < -0.3 is 5.11 Å². The lowest BCUT2D eigenvalue weighted by atomic mass is 9.93. The third-order valence-corrected chi connectivity index (χ3v) is 4.77. The fourth-order valence-electron chi connectivity index (χ4n) is 3.45. The number of benzene rings is 1. The minimum Gasteiger partial charge on any atom is -0.480 e. The van der Waals surface area contributed by atoms with Gasteiger partial charge in [-0.3, -0.25) is 14.7 Å². The lowest BCUT2D eigenvalue weighted by Crippen LogP contribution is -2.47. The predicted octanol–water partition coefficient (Wildman–Crippen LogP) is 3.73. The van der Waals surface area contributed by atoms with Gasteiger partial charge in [0.1, 0.15) is 6.04 Å². The molecule has 24 heavy (non-hydrogen) atoms. The van der Waals surface area contributed by atoms with Gasteiger partial charge >= 0.3 is 5.97 Å². The van der Waals surface area contributed by atoms with Gasteiger partial charge in [-0.1, -0.05) is 42.3 Å². The maximum absolute atomic E-state index is 11.8. The van der Waals surface area contributed by atoms with E-state index in [0.29, 0.717) is 6.42 Å². The van der Waals surface area contributed by atoms with Crippen molar-refractivity contribution < 1.29 is 9.90 Å². The van der Waals surface area contributed by atoms with Crippen molar-refractivity contribution in [2.45, 2.75) is 45.2 Å². The Morgan fingerprint density at radius 3 is 2.46 bits per heavy atom. The lowest BCUT2D eigenvalue weighted by molar-refractivity contribution is -0.145. The molecule has 2 unspecified atom stereocenters. The predicted molar refractivity (Wildman–Crippen MR) is 94.0 cm³/mol. The Morgan fingerprint density at radius 1 is 1.12 bits per heavy atom. The number of rotatable bonds is 4. The molecule has 2 heterocycles. The molecule has 0 bridgehead atoms. The Morgan fingerprint density at radius 2 is 1.83 bits per heavy atom. The zero-order valence-electron chi connectivity index (χ0n) is 14.3. The number of aryl methyl sites for hydroxylation is 2. The number of piperidine rings is 1. The molecule has 1 saturated heterocycles. The molecule has 1 fully saturated rings. The molecule has 0 amide bonds. The van der Waals surface area contributed by atoms with E-state index in [2.05, 4.69) is 41.1 Å². The summed E-state index contributed by atoms with van der Waals surface area (Å²) in [5.74, 6) is -0.737. The van der Waals surface area contributed by atoms with Crippen molar-refractivity contribution in [1.29, 1.82) is 0 Å². The molecule has 1 aromatic carbocycles. The molecule has 0 saturated carbocycles. The fourth-order valence-corrected chi connectivity index (χ4v) is 3.45. The van der Waals surface area contributed by atoms with Gasteiger partial charge in [-0.25, -0.2) is 0 Å². The molecule has 1 aromatic heterocycles. The van der Waals surface area contributed by atoms with Crippen LogP contribution in [0.4, 0.5) is 0 Å². The van der Waals surface area contributed by atoms with Crippen molar-refractivity contribution in [3.63, 3.8) is 0 Å². The average Bonchev–Trinajstić information content (AvgIpc) is 2.59. The number of likely N-dealkylation sites (tertiary alicyclic amines) is 1. The molecular weight excluding hydrogens is 300 g/mol. The van der Waals surface area contributed by atoms with E-state index in [9.17, 15) is 9.90 Å². The molecular formula is C20H24N2O2. The van der Waals surface area contributed by atoms with E-state index < -0.39 is 12.0 Å². The van der Waals surface area contributed by atoms with Gasteiger partial charge in [0, 0.05) is 6.20 Å². The minimum atomic E-state index is -0.737. The molecule has 2 atom stereocenters. The SMILES string of the molecule is Cc1ccc(C(c2ccc(C)cn2)N2CCCCC2C(=O)O)cc1. The Hall–Kier alpha value is -2.20. The van der Waals surface area contributed by atoms with Crippen LogP contribution in [0.25, 0.3) is 0 Å². The first-order valence-corrected chi connectivity index (χ1v) is 8.54. The molecule has 1 N–H and O–H groups in total. The van der Waals surface area contributed by atoms with Gasteiger partial charge in [0.2, 0.25) is 0 Å². The number of carbonyl (C=O) groups is 1. The van der Waals surface area contributed by atoms with Gasteiger partial charge in [0.05, 0.1) is 11.7 Å². The summed E-state index contributed by atoms with van der Waals surface area (Å²) in [4.78, 5) is 18.5. The van der Waals surface area contributed by atoms with Crippen LogP contribution in [-0.2, 0) is 4.79 Å². The molecule has 2 aromatic rings. The van der Waals surface area contributed by atoms with Gasteiger partial charge in [-0.05, 0) is 50.4 Å². The number of aliphatic carboxylic acids is 1. The van der Waals surface area contributed by atoms with E-state index in [1.165, 1.54) is 5.56 Å². The fraction of sp³-hybridized carbons (Fsp3) is 0.400. The monoisotopic (exact) mass is 324 g/mol. The number of pyridine rings is 1. The summed E-state index contributed by atoms with van der Waals surface area (Å²) in [7, 11) is 0. The minimum absolute atomic E-state index is 0.118. The van der Waals surface area contributed by atoms with Crippen molar-refractivity contribution >= 4 is 5.97 Å². The standard InChI is InChI=1S/C20H24N2O2/c1-14-6-9-16(10-7-14)19(17-11-8-15(2)13-21-17)22-12-4-3-5-18(22)20(23)24/h6-11,13,18-19H,3-5,12H2,1-2H3,(H,23,24). The summed E-state index contributed by atoms with van der Waals surface area (Å²) in [6, 6.07) is 11.8. The number of hydrogen-bond acceptors (Lipinski definition) is 3. The van der Waals surface area contributed by atoms with Crippen LogP contribution in [0.3, 0.4) is 0 Å². The van der Waals surface area contributed by atoms with Crippen LogP contribution in [0.5, 0.6) is 0 Å². The quantitative estimate of drug-likeness (QED) is 0.931. The van der Waals surface area contributed by atoms with Crippen LogP contribution >= 0.6 is 0 Å². The first kappa shape index (κ1) is 16.7. The number of carboxylic acid groups (broad SMARTS) is 1. The highest BCUT2D eigenvalue weighted by Crippen LogP contribution is 2.33. The van der Waals surface area contributed by atoms with E-state index in [0.717, 1.165) is 36.2 Å². The maximum atomic E-state index is 11.8. The molecule has 4 nitrogen and oxygen atoms in total. The Labute approximate surface area is 143 Å². The van der Waals surface area contributed by atoms with Crippen LogP contribution < -0.4 is 0 Å². The van der Waals surface area contributed by atoms with Gasteiger partial charge in [-0.2, -0.15) is 0 Å². The third kappa shape index (κ3) is 3.49. The summed E-state index contributed by atoms with van der Waals surface area (Å²) in [6.07, 6.45) is 4.55. The van der Waals surface area contributed by atoms with Crippen LogP contribution in [0.1, 0.15) is 47.7 Å². The largest absolute Gasteiger partial charge is 0.480 e. The highest BCUT2D eigenvalue weighted by atomic mass is 16.4. The number of nitrogens with zero attached hydrogens (tertiary/aromatic N) is 2. The molecule has 0 aliphatic carbocycles. The number of hydrogen-bond donors (Lipinski definition) is 1. The van der Waals surface area contributed by atoms with Crippen molar-refractivity contribution in [1.82, 2.24) is 9.88 Å². The molecule has 0 radical (unpaired) electrons. The van der Waals surface area contributed by atoms with Crippen LogP contribution in [0, 0.1) is 13.8 Å². The zero-order chi connectivity index (χ0) is 17.1. The summed E-state index contributed by atoms with van der Waals surface area (Å²) >= 11 is 0. The normalized spacial score (nSPS) is 19.8. The van der Waals surface area contributed by atoms with E-state index in [4.69, 9.17) is 0 Å². The van der Waals surface area contributed by atoms with E-state index in [1.54, 1.807) is 0 Å². The first-order chi connectivity index (χ1) is 11.6. The average molecular weight is 324 g/mol. The summed E-state index contributed by atoms with van der Waals surface area (Å²) in [6.45, 7) is 4.85. The highest BCUT2D eigenvalue weighted by molar-refractivity contribution is 5.73. The van der Waals surface area contributed by atoms with E-state index >= 15 is 0 Å². The van der Waals surface area contributed by atoms with Crippen molar-refractivity contribution in [3.8, 4) is 0 Å². The summed E-state index contributed by atoms with van der Waals surface area (Å²) < 4.78 is 0. The Bertz CT molecular complexity index is 649. The van der Waals surface area contributed by atoms with Crippen molar-refractivity contribution in [2.75, 3.05) is 6.54 Å². The Kier molecular flexibility index (Phi) is 4.95. The molecule has 1 aliphatic rings. The Balaban J connectivity index is 2.05. The topological polar surface area (TPSA) is 53.4 Å². The number of aromatic nitrogens is 1. The molecule has 0 spiro atoms.